The molecule has 2 N–H and O–H groups in total. The van der Waals surface area contributed by atoms with Crippen LogP contribution >= 0.6 is 11.6 Å². The summed E-state index contributed by atoms with van der Waals surface area (Å²) in [6.07, 6.45) is 1.28. The average molecular weight is 428 g/mol. The normalized spacial score (nSPS) is 10.9. The highest BCUT2D eigenvalue weighted by atomic mass is 35.5. The molecule has 2 aromatic heterocycles. The summed E-state index contributed by atoms with van der Waals surface area (Å²) in [4.78, 5) is 19.7. The van der Waals surface area contributed by atoms with E-state index in [9.17, 15) is 14.3 Å². The lowest BCUT2D eigenvalue weighted by Gasteiger charge is -2.11. The lowest BCUT2D eigenvalue weighted by Crippen LogP contribution is -2.01. The van der Waals surface area contributed by atoms with Crippen LogP contribution in [0.4, 0.5) is 15.9 Å². The fourth-order valence-corrected chi connectivity index (χ4v) is 3.25. The van der Waals surface area contributed by atoms with E-state index in [2.05, 4.69) is 15.3 Å². The van der Waals surface area contributed by atoms with Gasteiger partial charge in [-0.2, -0.15) is 0 Å². The standard InChI is InChI=1S/C21H15ClFN3O4/c1-11-17(21(27)28)18-19(24-10-25-20(18)30-11)26-14-5-6-16(15(22)8-14)29-9-12-3-2-4-13(23)7-12/h2-8,10H,9H2,1H3,(H,27,28)(H,24,25,26). The number of nitrogens with zero attached hydrogens (tertiary/aromatic N) is 2. The van der Waals surface area contributed by atoms with Gasteiger partial charge in [-0.3, -0.25) is 0 Å². The summed E-state index contributed by atoms with van der Waals surface area (Å²) < 4.78 is 24.4. The van der Waals surface area contributed by atoms with Crippen molar-refractivity contribution in [3.05, 3.63) is 76.5 Å². The first kappa shape index (κ1) is 19.7. The van der Waals surface area contributed by atoms with Crippen molar-refractivity contribution >= 4 is 40.2 Å². The largest absolute Gasteiger partial charge is 0.487 e. The van der Waals surface area contributed by atoms with Crippen LogP contribution in [0.2, 0.25) is 5.02 Å². The first-order chi connectivity index (χ1) is 14.4. The molecular formula is C21H15ClFN3O4. The van der Waals surface area contributed by atoms with Crippen LogP contribution in [0, 0.1) is 12.7 Å². The molecule has 0 aliphatic heterocycles. The topological polar surface area (TPSA) is 97.5 Å². The van der Waals surface area contributed by atoms with Crippen molar-refractivity contribution in [1.29, 1.82) is 0 Å². The minimum Gasteiger partial charge on any atom is -0.487 e. The Kier molecular flexibility index (Phi) is 5.24. The highest BCUT2D eigenvalue weighted by molar-refractivity contribution is 6.32. The third-order valence-corrected chi connectivity index (χ3v) is 4.65. The Balaban J connectivity index is 1.58. The number of carbonyl (C=O) groups is 1. The third kappa shape index (κ3) is 3.90. The van der Waals surface area contributed by atoms with Crippen molar-refractivity contribution < 1.29 is 23.4 Å². The van der Waals surface area contributed by atoms with Gasteiger partial charge in [0.25, 0.3) is 0 Å². The zero-order valence-corrected chi connectivity index (χ0v) is 16.4. The molecule has 0 saturated carbocycles. The van der Waals surface area contributed by atoms with Gasteiger partial charge in [-0.25, -0.2) is 19.2 Å². The van der Waals surface area contributed by atoms with Gasteiger partial charge in [0.2, 0.25) is 5.71 Å². The lowest BCUT2D eigenvalue weighted by molar-refractivity contribution is 0.0697. The van der Waals surface area contributed by atoms with E-state index >= 15 is 0 Å². The highest BCUT2D eigenvalue weighted by Gasteiger charge is 2.22. The number of anilines is 2. The number of carboxylic acid groups (broad SMARTS) is 1. The molecule has 0 aliphatic rings. The Labute approximate surface area is 175 Å². The number of benzene rings is 2. The Morgan fingerprint density at radius 3 is 2.83 bits per heavy atom. The van der Waals surface area contributed by atoms with Crippen LogP contribution in [0.15, 0.2) is 53.2 Å². The molecule has 2 heterocycles. The van der Waals surface area contributed by atoms with Crippen molar-refractivity contribution in [1.82, 2.24) is 9.97 Å². The second kappa shape index (κ2) is 8.00. The second-order valence-corrected chi connectivity index (χ2v) is 6.84. The fraction of sp³-hybridized carbons (Fsp3) is 0.0952. The number of nitrogens with one attached hydrogen (secondary N) is 1. The lowest BCUT2D eigenvalue weighted by atomic mass is 10.2. The molecule has 9 heteroatoms. The number of aromatic nitrogens is 2. The van der Waals surface area contributed by atoms with E-state index in [0.717, 1.165) is 0 Å². The molecule has 0 fully saturated rings. The van der Waals surface area contributed by atoms with E-state index in [1.54, 1.807) is 37.3 Å². The number of aromatic carboxylic acids is 1. The number of hydrogen-bond donors (Lipinski definition) is 2. The summed E-state index contributed by atoms with van der Waals surface area (Å²) in [5.41, 5.74) is 1.40. The van der Waals surface area contributed by atoms with Crippen molar-refractivity contribution in [3.8, 4) is 5.75 Å². The maximum atomic E-state index is 13.3. The zero-order valence-electron chi connectivity index (χ0n) is 15.6. The Morgan fingerprint density at radius 2 is 2.10 bits per heavy atom. The molecule has 152 valence electrons. The summed E-state index contributed by atoms with van der Waals surface area (Å²) in [6, 6.07) is 11.1. The van der Waals surface area contributed by atoms with Gasteiger partial charge in [-0.05, 0) is 42.8 Å². The molecule has 0 atom stereocenters. The maximum Gasteiger partial charge on any atom is 0.340 e. The number of halogens is 2. The molecule has 7 nitrogen and oxygen atoms in total. The highest BCUT2D eigenvalue weighted by Crippen LogP contribution is 2.33. The molecular weight excluding hydrogens is 413 g/mol. The molecule has 4 aromatic rings. The first-order valence-electron chi connectivity index (χ1n) is 8.83. The van der Waals surface area contributed by atoms with Crippen LogP contribution in [-0.2, 0) is 6.61 Å². The molecule has 0 amide bonds. The molecule has 30 heavy (non-hydrogen) atoms. The summed E-state index contributed by atoms with van der Waals surface area (Å²) in [5, 5.41) is 13.1. The molecule has 0 aliphatic carbocycles. The van der Waals surface area contributed by atoms with Crippen molar-refractivity contribution in [2.75, 3.05) is 5.32 Å². The number of ether oxygens (including phenoxy) is 1. The van der Waals surface area contributed by atoms with Crippen molar-refractivity contribution in [2.24, 2.45) is 0 Å². The van der Waals surface area contributed by atoms with Gasteiger partial charge in [0.1, 0.15) is 41.6 Å². The fourth-order valence-electron chi connectivity index (χ4n) is 3.02. The van der Waals surface area contributed by atoms with Crippen molar-refractivity contribution in [3.63, 3.8) is 0 Å². The number of aryl methyl sites for hydroxylation is 1. The van der Waals surface area contributed by atoms with Gasteiger partial charge in [0.05, 0.1) is 10.4 Å². The predicted molar refractivity (Wildman–Crippen MR) is 109 cm³/mol. The second-order valence-electron chi connectivity index (χ2n) is 6.43. The molecule has 0 bridgehead atoms. The first-order valence-corrected chi connectivity index (χ1v) is 9.21. The molecule has 0 unspecified atom stereocenters. The van der Waals surface area contributed by atoms with Gasteiger partial charge >= 0.3 is 5.97 Å². The minimum atomic E-state index is -1.14. The van der Waals surface area contributed by atoms with Gasteiger partial charge in [0, 0.05) is 5.69 Å². The van der Waals surface area contributed by atoms with E-state index in [0.29, 0.717) is 22.0 Å². The van der Waals surface area contributed by atoms with Crippen LogP contribution in [0.3, 0.4) is 0 Å². The number of fused-ring (bicyclic) bond motifs is 1. The zero-order chi connectivity index (χ0) is 21.3. The monoisotopic (exact) mass is 427 g/mol. The van der Waals surface area contributed by atoms with Crippen LogP contribution in [-0.4, -0.2) is 21.0 Å². The van der Waals surface area contributed by atoms with E-state index in [4.69, 9.17) is 20.8 Å². The average Bonchev–Trinajstić information content (AvgIpc) is 3.04. The summed E-state index contributed by atoms with van der Waals surface area (Å²) in [5.74, 6) is -0.542. The SMILES string of the molecule is Cc1oc2ncnc(Nc3ccc(OCc4cccc(F)c4)c(Cl)c3)c2c1C(=O)O. The molecule has 0 radical (unpaired) electrons. The third-order valence-electron chi connectivity index (χ3n) is 4.36. The van der Waals surface area contributed by atoms with Crippen LogP contribution in [0.1, 0.15) is 21.7 Å². The number of rotatable bonds is 6. The van der Waals surface area contributed by atoms with Gasteiger partial charge in [-0.15, -0.1) is 0 Å². The maximum absolute atomic E-state index is 13.3. The molecule has 0 saturated heterocycles. The number of hydrogen-bond acceptors (Lipinski definition) is 6. The van der Waals surface area contributed by atoms with Crippen LogP contribution < -0.4 is 10.1 Å². The minimum absolute atomic E-state index is 0.00533. The van der Waals surface area contributed by atoms with Crippen molar-refractivity contribution in [2.45, 2.75) is 13.5 Å². The summed E-state index contributed by atoms with van der Waals surface area (Å²) >= 11 is 6.31. The number of carboxylic acids is 1. The molecule has 2 aromatic carbocycles. The molecule has 0 spiro atoms. The molecule has 4 rings (SSSR count). The summed E-state index contributed by atoms with van der Waals surface area (Å²) in [6.45, 7) is 1.71. The smallest absolute Gasteiger partial charge is 0.340 e. The van der Waals surface area contributed by atoms with Gasteiger partial charge in [0.15, 0.2) is 0 Å². The predicted octanol–water partition coefficient (Wildman–Crippen LogP) is 5.34. The van der Waals surface area contributed by atoms with E-state index < -0.39 is 5.97 Å². The Bertz CT molecular complexity index is 1260. The van der Waals surface area contributed by atoms with Gasteiger partial charge in [-0.1, -0.05) is 23.7 Å². The van der Waals surface area contributed by atoms with Crippen LogP contribution in [0.25, 0.3) is 11.1 Å². The number of furan rings is 1. The van der Waals surface area contributed by atoms with Crippen LogP contribution in [0.5, 0.6) is 5.75 Å². The van der Waals surface area contributed by atoms with E-state index in [1.807, 2.05) is 0 Å². The quantitative estimate of drug-likeness (QED) is 0.428. The Morgan fingerprint density at radius 1 is 1.27 bits per heavy atom. The van der Waals surface area contributed by atoms with E-state index in [-0.39, 0.29) is 40.7 Å². The summed E-state index contributed by atoms with van der Waals surface area (Å²) in [7, 11) is 0. The van der Waals surface area contributed by atoms with Gasteiger partial charge < -0.3 is 19.6 Å². The Hall–Kier alpha value is -3.65. The van der Waals surface area contributed by atoms with E-state index in [1.165, 1.54) is 18.5 Å².